The van der Waals surface area contributed by atoms with Gasteiger partial charge in [0, 0.05) is 0 Å². The lowest BCUT2D eigenvalue weighted by Gasteiger charge is -2.16. The highest BCUT2D eigenvalue weighted by Gasteiger charge is 2.30. The van der Waals surface area contributed by atoms with Crippen LogP contribution < -0.4 is 4.72 Å². The minimum Gasteiger partial charge on any atom is -0.468 e. The molecule has 0 spiro atoms. The normalized spacial score (nSPS) is 12.4. The van der Waals surface area contributed by atoms with E-state index in [0.717, 1.165) is 16.9 Å². The van der Waals surface area contributed by atoms with Crippen LogP contribution in [-0.4, -0.2) is 40.6 Å². The lowest BCUT2D eigenvalue weighted by Crippen LogP contribution is -2.43. The summed E-state index contributed by atoms with van der Waals surface area (Å²) in [5, 5.41) is 1.46. The number of benzene rings is 1. The Morgan fingerprint density at radius 3 is 2.40 bits per heavy atom. The molecule has 1 atom stereocenters. The van der Waals surface area contributed by atoms with Crippen molar-refractivity contribution in [3.8, 4) is 0 Å². The second-order valence-corrected chi connectivity index (χ2v) is 7.59. The fourth-order valence-corrected chi connectivity index (χ4v) is 4.69. The lowest BCUT2D eigenvalue weighted by molar-refractivity contribution is -0.142. The van der Waals surface area contributed by atoms with Crippen molar-refractivity contribution >= 4 is 33.3 Å². The van der Waals surface area contributed by atoms with E-state index in [2.05, 4.69) is 9.46 Å². The van der Waals surface area contributed by atoms with Crippen molar-refractivity contribution in [2.24, 2.45) is 0 Å². The van der Waals surface area contributed by atoms with Crippen LogP contribution in [-0.2, 0) is 30.7 Å². The molecule has 1 N–H and O–H groups in total. The predicted molar refractivity (Wildman–Crippen MR) is 91.9 cm³/mol. The highest BCUT2D eigenvalue weighted by molar-refractivity contribution is 7.89. The highest BCUT2D eigenvalue weighted by Crippen LogP contribution is 2.23. The highest BCUT2D eigenvalue weighted by atomic mass is 32.2. The van der Waals surface area contributed by atoms with Gasteiger partial charge in [0.2, 0.25) is 10.0 Å². The molecule has 0 radical (unpaired) electrons. The Kier molecular flexibility index (Phi) is 6.29. The fourth-order valence-electron chi connectivity index (χ4n) is 2.17. The molecular formula is C16H17NO6S2. The Hall–Kier alpha value is -2.23. The monoisotopic (exact) mass is 383 g/mol. The summed E-state index contributed by atoms with van der Waals surface area (Å²) in [5.41, 5.74) is 0.763. The second kappa shape index (κ2) is 8.24. The molecule has 0 fully saturated rings. The molecule has 9 heteroatoms. The van der Waals surface area contributed by atoms with E-state index in [0.29, 0.717) is 0 Å². The van der Waals surface area contributed by atoms with Gasteiger partial charge in [-0.25, -0.2) is 13.2 Å². The van der Waals surface area contributed by atoms with Gasteiger partial charge in [0.15, 0.2) is 0 Å². The van der Waals surface area contributed by atoms with E-state index in [-0.39, 0.29) is 16.2 Å². The molecule has 1 aromatic carbocycles. The van der Waals surface area contributed by atoms with Gasteiger partial charge >= 0.3 is 11.9 Å². The molecule has 25 heavy (non-hydrogen) atoms. The third-order valence-electron chi connectivity index (χ3n) is 3.36. The van der Waals surface area contributed by atoms with Gasteiger partial charge in [0.1, 0.15) is 15.8 Å². The standard InChI is InChI=1S/C16H17NO6S2/c1-22-15(18)12(10-11-6-4-3-5-7-11)17-25(20,21)13-8-9-24-14(13)16(19)23-2/h3-9,12,17H,10H2,1-2H3/t12-/m1/s1. The van der Waals surface area contributed by atoms with Crippen LogP contribution in [0.3, 0.4) is 0 Å². The molecule has 0 aliphatic heterocycles. The van der Waals surface area contributed by atoms with Gasteiger partial charge in [-0.15, -0.1) is 11.3 Å². The number of carbonyl (C=O) groups is 2. The molecule has 134 valence electrons. The van der Waals surface area contributed by atoms with Gasteiger partial charge in [-0.3, -0.25) is 4.79 Å². The van der Waals surface area contributed by atoms with Gasteiger partial charge in [-0.2, -0.15) is 4.72 Å². The Balaban J connectivity index is 2.30. The molecule has 2 aromatic rings. The maximum absolute atomic E-state index is 12.6. The first kappa shape index (κ1) is 19.1. The van der Waals surface area contributed by atoms with E-state index in [1.54, 1.807) is 24.3 Å². The van der Waals surface area contributed by atoms with Crippen LogP contribution in [0.5, 0.6) is 0 Å². The molecule has 2 rings (SSSR count). The molecule has 1 heterocycles. The largest absolute Gasteiger partial charge is 0.468 e. The van der Waals surface area contributed by atoms with Gasteiger partial charge < -0.3 is 9.47 Å². The fraction of sp³-hybridized carbons (Fsp3) is 0.250. The van der Waals surface area contributed by atoms with Gasteiger partial charge in [-0.05, 0) is 23.4 Å². The lowest BCUT2D eigenvalue weighted by atomic mass is 10.1. The molecule has 0 aliphatic carbocycles. The molecular weight excluding hydrogens is 366 g/mol. The number of ether oxygens (including phenoxy) is 2. The number of hydrogen-bond donors (Lipinski definition) is 1. The van der Waals surface area contributed by atoms with Crippen molar-refractivity contribution in [3.63, 3.8) is 0 Å². The third kappa shape index (κ3) is 4.65. The molecule has 0 bridgehead atoms. The van der Waals surface area contributed by atoms with Gasteiger partial charge in [0.25, 0.3) is 0 Å². The maximum Gasteiger partial charge on any atom is 0.349 e. The zero-order chi connectivity index (χ0) is 18.4. The van der Waals surface area contributed by atoms with Crippen LogP contribution in [0.1, 0.15) is 15.2 Å². The van der Waals surface area contributed by atoms with Crippen molar-refractivity contribution in [1.82, 2.24) is 4.72 Å². The van der Waals surface area contributed by atoms with E-state index < -0.39 is 28.0 Å². The Labute approximate surface area is 149 Å². The van der Waals surface area contributed by atoms with Crippen LogP contribution >= 0.6 is 11.3 Å². The average Bonchev–Trinajstić information content (AvgIpc) is 3.11. The quantitative estimate of drug-likeness (QED) is 0.729. The van der Waals surface area contributed by atoms with E-state index >= 15 is 0 Å². The summed E-state index contributed by atoms with van der Waals surface area (Å²) in [7, 11) is -1.77. The van der Waals surface area contributed by atoms with Crippen LogP contribution in [0.15, 0.2) is 46.7 Å². The number of nitrogens with one attached hydrogen (secondary N) is 1. The van der Waals surface area contributed by atoms with E-state index in [4.69, 9.17) is 4.74 Å². The number of thiophene rings is 1. The van der Waals surface area contributed by atoms with E-state index in [9.17, 15) is 18.0 Å². The number of esters is 2. The topological polar surface area (TPSA) is 98.8 Å². The summed E-state index contributed by atoms with van der Waals surface area (Å²) in [6, 6.07) is 9.09. The van der Waals surface area contributed by atoms with Crippen LogP contribution in [0.2, 0.25) is 0 Å². The Morgan fingerprint density at radius 2 is 1.80 bits per heavy atom. The molecule has 0 aliphatic rings. The molecule has 1 aromatic heterocycles. The Morgan fingerprint density at radius 1 is 1.12 bits per heavy atom. The van der Waals surface area contributed by atoms with Crippen LogP contribution in [0.4, 0.5) is 0 Å². The summed E-state index contributed by atoms with van der Waals surface area (Å²) in [6.07, 6.45) is 0.116. The number of carbonyl (C=O) groups excluding carboxylic acids is 2. The maximum atomic E-state index is 12.6. The predicted octanol–water partition coefficient (Wildman–Crippen LogP) is 1.60. The smallest absolute Gasteiger partial charge is 0.349 e. The van der Waals surface area contributed by atoms with E-state index in [1.807, 2.05) is 6.07 Å². The summed E-state index contributed by atoms with van der Waals surface area (Å²) >= 11 is 0.944. The molecule has 0 amide bonds. The summed E-state index contributed by atoms with van der Waals surface area (Å²) < 4.78 is 36.9. The number of methoxy groups -OCH3 is 2. The third-order valence-corrected chi connectivity index (χ3v) is 5.89. The molecule has 0 unspecified atom stereocenters. The average molecular weight is 383 g/mol. The zero-order valence-corrected chi connectivity index (χ0v) is 15.2. The van der Waals surface area contributed by atoms with Crippen LogP contribution in [0, 0.1) is 0 Å². The Bertz CT molecular complexity index is 845. The number of rotatable bonds is 7. The summed E-state index contributed by atoms with van der Waals surface area (Å²) in [6.45, 7) is 0. The number of sulfonamides is 1. The SMILES string of the molecule is COC(=O)c1sccc1S(=O)(=O)N[C@H](Cc1ccccc1)C(=O)OC. The second-order valence-electron chi connectivity index (χ2n) is 4.99. The van der Waals surface area contributed by atoms with Crippen molar-refractivity contribution < 1.29 is 27.5 Å². The first-order valence-corrected chi connectivity index (χ1v) is 9.55. The molecule has 0 saturated carbocycles. The minimum atomic E-state index is -4.12. The summed E-state index contributed by atoms with van der Waals surface area (Å²) in [5.74, 6) is -1.48. The van der Waals surface area contributed by atoms with E-state index in [1.165, 1.54) is 25.7 Å². The molecule has 7 nitrogen and oxygen atoms in total. The number of hydrogen-bond acceptors (Lipinski definition) is 7. The van der Waals surface area contributed by atoms with Crippen molar-refractivity contribution in [2.75, 3.05) is 14.2 Å². The van der Waals surface area contributed by atoms with Crippen molar-refractivity contribution in [3.05, 3.63) is 52.2 Å². The van der Waals surface area contributed by atoms with Crippen molar-refractivity contribution in [1.29, 1.82) is 0 Å². The molecule has 0 saturated heterocycles. The van der Waals surface area contributed by atoms with Crippen LogP contribution in [0.25, 0.3) is 0 Å². The minimum absolute atomic E-state index is 0.0571. The first-order valence-electron chi connectivity index (χ1n) is 7.19. The first-order chi connectivity index (χ1) is 11.9. The summed E-state index contributed by atoms with van der Waals surface area (Å²) in [4.78, 5) is 23.4. The zero-order valence-electron chi connectivity index (χ0n) is 13.6. The van der Waals surface area contributed by atoms with Crippen molar-refractivity contribution in [2.45, 2.75) is 17.4 Å². The van der Waals surface area contributed by atoms with Gasteiger partial charge in [-0.1, -0.05) is 30.3 Å². The van der Waals surface area contributed by atoms with Gasteiger partial charge in [0.05, 0.1) is 14.2 Å².